The number of anilines is 2. The topological polar surface area (TPSA) is 64.9 Å². The van der Waals surface area contributed by atoms with Gasteiger partial charge < -0.3 is 11.5 Å². The van der Waals surface area contributed by atoms with Gasteiger partial charge in [0.15, 0.2) is 5.15 Å². The first-order valence-electron chi connectivity index (χ1n) is 5.46. The molecule has 0 aliphatic carbocycles. The van der Waals surface area contributed by atoms with E-state index in [-0.39, 0.29) is 10.6 Å². The van der Waals surface area contributed by atoms with Gasteiger partial charge in [0.25, 0.3) is 0 Å². The molecule has 0 saturated carbocycles. The summed E-state index contributed by atoms with van der Waals surface area (Å²) in [5, 5.41) is 1.17. The van der Waals surface area contributed by atoms with Gasteiger partial charge in [-0.25, -0.2) is 4.98 Å². The van der Waals surface area contributed by atoms with Gasteiger partial charge in [-0.3, -0.25) is 0 Å². The van der Waals surface area contributed by atoms with E-state index in [1.54, 1.807) is 0 Å². The molecule has 0 amide bonds. The van der Waals surface area contributed by atoms with Crippen molar-refractivity contribution in [1.82, 2.24) is 4.98 Å². The van der Waals surface area contributed by atoms with Crippen LogP contribution in [0.5, 0.6) is 0 Å². The summed E-state index contributed by atoms with van der Waals surface area (Å²) in [6, 6.07) is 5.90. The molecule has 0 fully saturated rings. The monoisotopic (exact) mass is 249 g/mol. The third-order valence-corrected chi connectivity index (χ3v) is 3.14. The van der Waals surface area contributed by atoms with Crippen LogP contribution in [-0.2, 0) is 5.41 Å². The standard InChI is InChI=1S/C13H16ClN3/c1-13(2,3)7-5-4-6-8-9(7)10(15)11(16)12(14)17-8/h4-6H,16H2,1-3H3,(H2,15,17). The Morgan fingerprint density at radius 3 is 2.35 bits per heavy atom. The van der Waals surface area contributed by atoms with Crippen molar-refractivity contribution in [2.75, 3.05) is 11.5 Å². The van der Waals surface area contributed by atoms with E-state index in [9.17, 15) is 0 Å². The lowest BCUT2D eigenvalue weighted by Crippen LogP contribution is -2.13. The van der Waals surface area contributed by atoms with E-state index in [2.05, 4.69) is 25.8 Å². The highest BCUT2D eigenvalue weighted by Crippen LogP contribution is 2.37. The van der Waals surface area contributed by atoms with Crippen molar-refractivity contribution < 1.29 is 0 Å². The van der Waals surface area contributed by atoms with Crippen molar-refractivity contribution in [2.45, 2.75) is 26.2 Å². The van der Waals surface area contributed by atoms with Crippen molar-refractivity contribution in [2.24, 2.45) is 0 Å². The van der Waals surface area contributed by atoms with Crippen molar-refractivity contribution in [3.05, 3.63) is 28.9 Å². The number of nitrogens with zero attached hydrogens (tertiary/aromatic N) is 1. The van der Waals surface area contributed by atoms with Gasteiger partial charge in [0.2, 0.25) is 0 Å². The molecule has 1 aromatic carbocycles. The number of hydrogen-bond acceptors (Lipinski definition) is 3. The Kier molecular flexibility index (Phi) is 2.66. The van der Waals surface area contributed by atoms with Crippen LogP contribution in [0.4, 0.5) is 11.4 Å². The van der Waals surface area contributed by atoms with E-state index < -0.39 is 0 Å². The first kappa shape index (κ1) is 12.0. The number of rotatable bonds is 0. The summed E-state index contributed by atoms with van der Waals surface area (Å²) in [6.45, 7) is 6.39. The fraction of sp³-hybridized carbons (Fsp3) is 0.308. The number of benzene rings is 1. The number of hydrogen-bond donors (Lipinski definition) is 2. The molecule has 2 rings (SSSR count). The van der Waals surface area contributed by atoms with Crippen LogP contribution in [0.1, 0.15) is 26.3 Å². The summed E-state index contributed by atoms with van der Waals surface area (Å²) in [6.07, 6.45) is 0. The van der Waals surface area contributed by atoms with E-state index in [1.807, 2.05) is 18.2 Å². The summed E-state index contributed by atoms with van der Waals surface area (Å²) >= 11 is 5.94. The predicted molar refractivity (Wildman–Crippen MR) is 74.3 cm³/mol. The minimum Gasteiger partial charge on any atom is -0.396 e. The van der Waals surface area contributed by atoms with Gasteiger partial charge in [0.05, 0.1) is 16.9 Å². The molecule has 3 nitrogen and oxygen atoms in total. The van der Waals surface area contributed by atoms with Crippen LogP contribution in [0.25, 0.3) is 10.9 Å². The van der Waals surface area contributed by atoms with Crippen LogP contribution in [0, 0.1) is 0 Å². The quantitative estimate of drug-likeness (QED) is 0.704. The average Bonchev–Trinajstić information content (AvgIpc) is 2.24. The largest absolute Gasteiger partial charge is 0.396 e. The number of fused-ring (bicyclic) bond motifs is 1. The van der Waals surface area contributed by atoms with Crippen molar-refractivity contribution >= 4 is 33.9 Å². The molecule has 0 spiro atoms. The number of halogens is 1. The molecule has 0 aliphatic rings. The Morgan fingerprint density at radius 1 is 1.12 bits per heavy atom. The van der Waals surface area contributed by atoms with E-state index in [1.165, 1.54) is 0 Å². The lowest BCUT2D eigenvalue weighted by molar-refractivity contribution is 0.596. The van der Waals surface area contributed by atoms with E-state index in [0.29, 0.717) is 11.4 Å². The second kappa shape index (κ2) is 3.77. The molecule has 2 aromatic rings. The zero-order valence-electron chi connectivity index (χ0n) is 10.2. The molecule has 0 saturated heterocycles. The second-order valence-corrected chi connectivity index (χ2v) is 5.54. The molecule has 1 aromatic heterocycles. The maximum absolute atomic E-state index is 6.07. The highest BCUT2D eigenvalue weighted by Gasteiger charge is 2.20. The van der Waals surface area contributed by atoms with Gasteiger partial charge in [0.1, 0.15) is 0 Å². The lowest BCUT2D eigenvalue weighted by Gasteiger charge is -2.22. The number of nitrogen functional groups attached to an aromatic ring is 2. The van der Waals surface area contributed by atoms with Crippen molar-refractivity contribution in [3.63, 3.8) is 0 Å². The van der Waals surface area contributed by atoms with Crippen LogP contribution >= 0.6 is 11.6 Å². The van der Waals surface area contributed by atoms with Crippen LogP contribution < -0.4 is 11.5 Å². The summed E-state index contributed by atoms with van der Waals surface area (Å²) in [5.74, 6) is 0. The lowest BCUT2D eigenvalue weighted by atomic mass is 9.84. The molecule has 4 N–H and O–H groups in total. The molecular formula is C13H16ClN3. The number of aromatic nitrogens is 1. The molecule has 0 bridgehead atoms. The van der Waals surface area contributed by atoms with E-state index >= 15 is 0 Å². The molecule has 0 unspecified atom stereocenters. The van der Waals surface area contributed by atoms with Crippen LogP contribution in [0.15, 0.2) is 18.2 Å². The van der Waals surface area contributed by atoms with Gasteiger partial charge in [-0.05, 0) is 17.0 Å². The molecule has 0 atom stereocenters. The molecule has 4 heteroatoms. The Bertz CT molecular complexity index is 585. The normalized spacial score (nSPS) is 12.0. The van der Waals surface area contributed by atoms with Gasteiger partial charge in [-0.15, -0.1) is 0 Å². The maximum Gasteiger partial charge on any atom is 0.154 e. The summed E-state index contributed by atoms with van der Waals surface area (Å²) in [4.78, 5) is 4.27. The number of pyridine rings is 1. The molecule has 0 aliphatic heterocycles. The zero-order chi connectivity index (χ0) is 12.8. The Labute approximate surface area is 106 Å². The first-order chi connectivity index (χ1) is 7.82. The highest BCUT2D eigenvalue weighted by molar-refractivity contribution is 6.33. The van der Waals surface area contributed by atoms with Crippen LogP contribution in [-0.4, -0.2) is 4.98 Å². The number of nitrogens with two attached hydrogens (primary N) is 2. The zero-order valence-corrected chi connectivity index (χ0v) is 11.0. The molecule has 90 valence electrons. The first-order valence-corrected chi connectivity index (χ1v) is 5.84. The minimum atomic E-state index is -0.0183. The summed E-state index contributed by atoms with van der Waals surface area (Å²) < 4.78 is 0. The third-order valence-electron chi connectivity index (χ3n) is 2.85. The molecule has 0 radical (unpaired) electrons. The van der Waals surface area contributed by atoms with Crippen molar-refractivity contribution in [1.29, 1.82) is 0 Å². The highest BCUT2D eigenvalue weighted by atomic mass is 35.5. The van der Waals surface area contributed by atoms with Crippen LogP contribution in [0.2, 0.25) is 5.15 Å². The van der Waals surface area contributed by atoms with E-state index in [4.69, 9.17) is 23.1 Å². The van der Waals surface area contributed by atoms with Crippen molar-refractivity contribution in [3.8, 4) is 0 Å². The fourth-order valence-electron chi connectivity index (χ4n) is 1.95. The average molecular weight is 250 g/mol. The Morgan fingerprint density at radius 2 is 1.76 bits per heavy atom. The Balaban J connectivity index is 2.94. The third kappa shape index (κ3) is 1.91. The summed E-state index contributed by atoms with van der Waals surface area (Å²) in [7, 11) is 0. The molecule has 17 heavy (non-hydrogen) atoms. The predicted octanol–water partition coefficient (Wildman–Crippen LogP) is 3.35. The Hall–Kier alpha value is -1.48. The summed E-state index contributed by atoms with van der Waals surface area (Å²) in [5.41, 5.74) is 14.7. The minimum absolute atomic E-state index is 0.0183. The van der Waals surface area contributed by atoms with Gasteiger partial charge in [0, 0.05) is 5.39 Å². The SMILES string of the molecule is CC(C)(C)c1cccc2nc(Cl)c(N)c(N)c12. The fourth-order valence-corrected chi connectivity index (χ4v) is 2.15. The maximum atomic E-state index is 6.07. The smallest absolute Gasteiger partial charge is 0.154 e. The van der Waals surface area contributed by atoms with Gasteiger partial charge in [-0.2, -0.15) is 0 Å². The van der Waals surface area contributed by atoms with Crippen LogP contribution in [0.3, 0.4) is 0 Å². The molecular weight excluding hydrogens is 234 g/mol. The molecule has 1 heterocycles. The van der Waals surface area contributed by atoms with E-state index in [0.717, 1.165) is 16.5 Å². The van der Waals surface area contributed by atoms with Gasteiger partial charge in [-0.1, -0.05) is 44.5 Å². The second-order valence-electron chi connectivity index (χ2n) is 5.18. The van der Waals surface area contributed by atoms with Gasteiger partial charge >= 0.3 is 0 Å².